The molecule has 1 aromatic carbocycles. The number of aromatic nitrogens is 2. The van der Waals surface area contributed by atoms with Crippen LogP contribution in [0.25, 0.3) is 16.2 Å². The van der Waals surface area contributed by atoms with Gasteiger partial charge in [-0.1, -0.05) is 0 Å². The van der Waals surface area contributed by atoms with Crippen LogP contribution < -0.4 is 15.4 Å². The van der Waals surface area contributed by atoms with E-state index in [0.717, 1.165) is 45.5 Å². The van der Waals surface area contributed by atoms with Crippen molar-refractivity contribution in [3.05, 3.63) is 35.0 Å². The van der Waals surface area contributed by atoms with E-state index in [1.54, 1.807) is 23.3 Å². The SMILES string of the molecule is Cc1csc2nc(-c3ccc4c(c3)N(C)C(=O)CO4)c(CCN)n12. The van der Waals surface area contributed by atoms with Gasteiger partial charge in [0.25, 0.3) is 5.91 Å². The van der Waals surface area contributed by atoms with E-state index < -0.39 is 0 Å². The highest BCUT2D eigenvalue weighted by atomic mass is 32.1. The van der Waals surface area contributed by atoms with Crippen LogP contribution in [0.5, 0.6) is 5.75 Å². The number of ether oxygens (including phenoxy) is 1. The van der Waals surface area contributed by atoms with Crippen LogP contribution in [-0.4, -0.2) is 35.5 Å². The summed E-state index contributed by atoms with van der Waals surface area (Å²) in [5.74, 6) is 0.668. The molecule has 2 N–H and O–H groups in total. The van der Waals surface area contributed by atoms with Crippen molar-refractivity contribution in [3.8, 4) is 17.0 Å². The summed E-state index contributed by atoms with van der Waals surface area (Å²) in [4.78, 5) is 19.3. The fourth-order valence-electron chi connectivity index (χ4n) is 3.08. The number of thiazole rings is 1. The molecule has 4 rings (SSSR count). The molecule has 0 spiro atoms. The van der Waals surface area contributed by atoms with Crippen LogP contribution in [0.2, 0.25) is 0 Å². The summed E-state index contributed by atoms with van der Waals surface area (Å²) < 4.78 is 7.67. The van der Waals surface area contributed by atoms with Gasteiger partial charge in [-0.2, -0.15) is 0 Å². The first-order valence-corrected chi connectivity index (χ1v) is 8.67. The van der Waals surface area contributed by atoms with Gasteiger partial charge in [-0.3, -0.25) is 9.20 Å². The minimum atomic E-state index is -0.0523. The molecule has 0 bridgehead atoms. The van der Waals surface area contributed by atoms with Crippen LogP contribution in [0.1, 0.15) is 11.4 Å². The van der Waals surface area contributed by atoms with E-state index in [2.05, 4.69) is 16.7 Å². The standard InChI is InChI=1S/C17H18N4O2S/c1-10-9-24-17-19-16(12(5-6-18)21(10)17)11-3-4-14-13(7-11)20(2)15(22)8-23-14/h3-4,7,9H,5-6,8,18H2,1-2H3. The van der Waals surface area contributed by atoms with E-state index in [1.807, 2.05) is 18.2 Å². The van der Waals surface area contributed by atoms with Crippen molar-refractivity contribution in [1.29, 1.82) is 0 Å². The van der Waals surface area contributed by atoms with Crippen molar-refractivity contribution in [2.45, 2.75) is 13.3 Å². The molecule has 124 valence electrons. The number of carbonyl (C=O) groups excluding carboxylic acids is 1. The van der Waals surface area contributed by atoms with E-state index in [9.17, 15) is 4.79 Å². The summed E-state index contributed by atoms with van der Waals surface area (Å²) in [5.41, 5.74) is 10.7. The zero-order valence-electron chi connectivity index (χ0n) is 13.6. The van der Waals surface area contributed by atoms with Crippen LogP contribution >= 0.6 is 11.3 Å². The molecule has 0 fully saturated rings. The third-order valence-electron chi connectivity index (χ3n) is 4.33. The Morgan fingerprint density at radius 2 is 2.25 bits per heavy atom. The maximum Gasteiger partial charge on any atom is 0.264 e. The zero-order chi connectivity index (χ0) is 16.8. The summed E-state index contributed by atoms with van der Waals surface area (Å²) in [7, 11) is 1.77. The zero-order valence-corrected chi connectivity index (χ0v) is 14.4. The van der Waals surface area contributed by atoms with Gasteiger partial charge in [0.15, 0.2) is 11.6 Å². The largest absolute Gasteiger partial charge is 0.482 e. The Bertz CT molecular complexity index is 944. The molecular formula is C17H18N4O2S. The Labute approximate surface area is 143 Å². The van der Waals surface area contributed by atoms with Gasteiger partial charge in [0, 0.05) is 30.1 Å². The third-order valence-corrected chi connectivity index (χ3v) is 5.27. The quantitative estimate of drug-likeness (QED) is 0.792. The number of anilines is 1. The van der Waals surface area contributed by atoms with Gasteiger partial charge in [-0.25, -0.2) is 4.98 Å². The number of hydrogen-bond acceptors (Lipinski definition) is 5. The molecule has 1 aliphatic heterocycles. The van der Waals surface area contributed by atoms with Gasteiger partial charge in [0.05, 0.1) is 17.1 Å². The Hall–Kier alpha value is -2.38. The topological polar surface area (TPSA) is 72.9 Å². The summed E-state index contributed by atoms with van der Waals surface area (Å²) >= 11 is 1.62. The molecule has 0 saturated heterocycles. The number of aryl methyl sites for hydroxylation is 1. The smallest absolute Gasteiger partial charge is 0.264 e. The molecule has 1 aliphatic rings. The number of likely N-dealkylation sites (N-methyl/N-ethyl adjacent to an activating group) is 1. The molecule has 2 aromatic heterocycles. The molecule has 3 aromatic rings. The second-order valence-electron chi connectivity index (χ2n) is 5.86. The van der Waals surface area contributed by atoms with Crippen LogP contribution in [0.15, 0.2) is 23.6 Å². The first-order chi connectivity index (χ1) is 11.6. The summed E-state index contributed by atoms with van der Waals surface area (Å²) in [5, 5.41) is 2.10. The second kappa shape index (κ2) is 5.61. The van der Waals surface area contributed by atoms with Crippen LogP contribution in [0.3, 0.4) is 0 Å². The lowest BCUT2D eigenvalue weighted by Gasteiger charge is -2.26. The molecule has 1 amide bonds. The lowest BCUT2D eigenvalue weighted by molar-refractivity contribution is -0.120. The maximum absolute atomic E-state index is 11.9. The molecule has 0 aliphatic carbocycles. The summed E-state index contributed by atoms with van der Waals surface area (Å²) in [6, 6.07) is 5.86. The monoisotopic (exact) mass is 342 g/mol. The summed E-state index contributed by atoms with van der Waals surface area (Å²) in [6.45, 7) is 2.71. The number of nitrogens with two attached hydrogens (primary N) is 1. The molecule has 0 unspecified atom stereocenters. The number of carbonyl (C=O) groups is 1. The highest BCUT2D eigenvalue weighted by Gasteiger charge is 2.24. The Kier molecular flexibility index (Phi) is 3.54. The highest BCUT2D eigenvalue weighted by Crippen LogP contribution is 2.37. The number of hydrogen-bond donors (Lipinski definition) is 1. The third kappa shape index (κ3) is 2.20. The lowest BCUT2D eigenvalue weighted by Crippen LogP contribution is -2.35. The fraction of sp³-hybridized carbons (Fsp3) is 0.294. The van der Waals surface area contributed by atoms with Crippen molar-refractivity contribution >= 4 is 27.9 Å². The average molecular weight is 342 g/mol. The van der Waals surface area contributed by atoms with E-state index in [4.69, 9.17) is 15.5 Å². The minimum absolute atomic E-state index is 0.0523. The van der Waals surface area contributed by atoms with E-state index in [-0.39, 0.29) is 12.5 Å². The molecular weight excluding hydrogens is 324 g/mol. The number of imidazole rings is 1. The molecule has 0 saturated carbocycles. The minimum Gasteiger partial charge on any atom is -0.482 e. The van der Waals surface area contributed by atoms with Gasteiger partial charge in [0.1, 0.15) is 5.75 Å². The lowest BCUT2D eigenvalue weighted by atomic mass is 10.1. The van der Waals surface area contributed by atoms with Crippen molar-refractivity contribution in [2.75, 3.05) is 25.1 Å². The molecule has 7 heteroatoms. The first-order valence-electron chi connectivity index (χ1n) is 7.79. The van der Waals surface area contributed by atoms with Gasteiger partial charge in [-0.05, 0) is 31.7 Å². The van der Waals surface area contributed by atoms with Crippen LogP contribution in [0.4, 0.5) is 5.69 Å². The molecule has 6 nitrogen and oxygen atoms in total. The van der Waals surface area contributed by atoms with Crippen molar-refractivity contribution in [1.82, 2.24) is 9.38 Å². The van der Waals surface area contributed by atoms with Gasteiger partial charge < -0.3 is 15.4 Å². The van der Waals surface area contributed by atoms with Crippen LogP contribution in [-0.2, 0) is 11.2 Å². The Balaban J connectivity index is 1.89. The highest BCUT2D eigenvalue weighted by molar-refractivity contribution is 7.15. The number of nitrogens with zero attached hydrogens (tertiary/aromatic N) is 3. The maximum atomic E-state index is 11.9. The first kappa shape index (κ1) is 15.2. The summed E-state index contributed by atoms with van der Waals surface area (Å²) in [6.07, 6.45) is 0.746. The Morgan fingerprint density at radius 1 is 1.42 bits per heavy atom. The molecule has 0 atom stereocenters. The van der Waals surface area contributed by atoms with E-state index in [0.29, 0.717) is 6.54 Å². The molecule has 0 radical (unpaired) electrons. The predicted octanol–water partition coefficient (Wildman–Crippen LogP) is 2.23. The second-order valence-corrected chi connectivity index (χ2v) is 6.70. The number of benzene rings is 1. The average Bonchev–Trinajstić information content (AvgIpc) is 3.12. The normalized spacial score (nSPS) is 14.1. The Morgan fingerprint density at radius 3 is 3.04 bits per heavy atom. The molecule has 24 heavy (non-hydrogen) atoms. The van der Waals surface area contributed by atoms with Crippen molar-refractivity contribution < 1.29 is 9.53 Å². The van der Waals surface area contributed by atoms with E-state index >= 15 is 0 Å². The predicted molar refractivity (Wildman–Crippen MR) is 94.9 cm³/mol. The number of rotatable bonds is 3. The van der Waals surface area contributed by atoms with Gasteiger partial charge in [0.2, 0.25) is 0 Å². The fourth-order valence-corrected chi connectivity index (χ4v) is 3.97. The molecule has 3 heterocycles. The van der Waals surface area contributed by atoms with Crippen molar-refractivity contribution in [2.24, 2.45) is 5.73 Å². The van der Waals surface area contributed by atoms with Crippen molar-refractivity contribution in [3.63, 3.8) is 0 Å². The number of amides is 1. The van der Waals surface area contributed by atoms with E-state index in [1.165, 1.54) is 0 Å². The van der Waals surface area contributed by atoms with Gasteiger partial charge in [-0.15, -0.1) is 11.3 Å². The van der Waals surface area contributed by atoms with Gasteiger partial charge >= 0.3 is 0 Å². The van der Waals surface area contributed by atoms with Crippen LogP contribution in [0, 0.1) is 6.92 Å². The number of fused-ring (bicyclic) bond motifs is 2.